The summed E-state index contributed by atoms with van der Waals surface area (Å²) in [4.78, 5) is 18.3. The number of nitrogens with zero attached hydrogens (tertiary/aromatic N) is 7. The summed E-state index contributed by atoms with van der Waals surface area (Å²) in [6.07, 6.45) is 1.04. The molecule has 9 nitrogen and oxygen atoms in total. The molecule has 0 unspecified atom stereocenters. The smallest absolute Gasteiger partial charge is 0.326 e. The number of rotatable bonds is 7. The first-order chi connectivity index (χ1) is 15.1. The topological polar surface area (TPSA) is 99.2 Å². The van der Waals surface area contributed by atoms with Crippen molar-refractivity contribution in [2.45, 2.75) is 39.9 Å². The van der Waals surface area contributed by atoms with Crippen LogP contribution in [0, 0.1) is 5.92 Å². The van der Waals surface area contributed by atoms with Crippen molar-refractivity contribution in [2.24, 2.45) is 5.92 Å². The average molecular weight is 416 g/mol. The van der Waals surface area contributed by atoms with Gasteiger partial charge in [0.25, 0.3) is 0 Å². The molecule has 2 aromatic carbocycles. The van der Waals surface area contributed by atoms with Crippen LogP contribution < -0.4 is 5.69 Å². The van der Waals surface area contributed by atoms with E-state index >= 15 is 0 Å². The van der Waals surface area contributed by atoms with Gasteiger partial charge < -0.3 is 4.57 Å². The van der Waals surface area contributed by atoms with E-state index in [2.05, 4.69) is 45.1 Å². The molecule has 0 spiro atoms. The van der Waals surface area contributed by atoms with E-state index in [4.69, 9.17) is 4.98 Å². The fourth-order valence-electron chi connectivity index (χ4n) is 3.99. The van der Waals surface area contributed by atoms with Crippen molar-refractivity contribution in [3.05, 3.63) is 70.7 Å². The fourth-order valence-corrected chi connectivity index (χ4v) is 3.99. The van der Waals surface area contributed by atoms with Gasteiger partial charge in [0.05, 0.1) is 35.2 Å². The van der Waals surface area contributed by atoms with E-state index in [1.54, 1.807) is 9.13 Å². The van der Waals surface area contributed by atoms with Gasteiger partial charge in [0.2, 0.25) is 0 Å². The Hall–Kier alpha value is -3.75. The third-order valence-corrected chi connectivity index (χ3v) is 5.58. The van der Waals surface area contributed by atoms with Crippen LogP contribution in [0.5, 0.6) is 0 Å². The number of fused-ring (bicyclic) bond motifs is 2. The normalized spacial score (nSPS) is 11.8. The Balaban J connectivity index is 1.61. The largest absolute Gasteiger partial charge is 0.329 e. The van der Waals surface area contributed by atoms with Crippen LogP contribution in [-0.4, -0.2) is 39.3 Å². The van der Waals surface area contributed by atoms with Gasteiger partial charge in [0.1, 0.15) is 5.82 Å². The summed E-state index contributed by atoms with van der Waals surface area (Å²) in [5, 5.41) is 14.1. The maximum Gasteiger partial charge on any atom is 0.329 e. The van der Waals surface area contributed by atoms with Gasteiger partial charge in [-0.1, -0.05) is 43.3 Å². The molecule has 9 heteroatoms. The quantitative estimate of drug-likeness (QED) is 0.440. The number of tetrazole rings is 1. The molecule has 0 saturated carbocycles. The Kier molecular flexibility index (Phi) is 4.85. The Morgan fingerprint density at radius 2 is 1.58 bits per heavy atom. The summed E-state index contributed by atoms with van der Waals surface area (Å²) < 4.78 is 5.71. The van der Waals surface area contributed by atoms with Gasteiger partial charge in [-0.25, -0.2) is 9.78 Å². The van der Waals surface area contributed by atoms with Crippen molar-refractivity contribution < 1.29 is 0 Å². The number of aromatic amines is 1. The first-order valence-corrected chi connectivity index (χ1v) is 10.5. The van der Waals surface area contributed by atoms with Gasteiger partial charge in [-0.3, -0.25) is 9.13 Å². The second kappa shape index (κ2) is 7.82. The molecule has 0 aliphatic carbocycles. The molecule has 0 radical (unpaired) electrons. The minimum atomic E-state index is -0.117. The highest BCUT2D eigenvalue weighted by atomic mass is 16.1. The molecule has 5 aromatic rings. The molecule has 158 valence electrons. The van der Waals surface area contributed by atoms with Crippen molar-refractivity contribution in [3.8, 4) is 0 Å². The molecule has 0 aliphatic rings. The van der Waals surface area contributed by atoms with E-state index in [0.717, 1.165) is 40.9 Å². The van der Waals surface area contributed by atoms with Gasteiger partial charge in [0, 0.05) is 6.54 Å². The average Bonchev–Trinajstić information content (AvgIpc) is 3.47. The number of benzene rings is 2. The molecule has 31 heavy (non-hydrogen) atoms. The lowest BCUT2D eigenvalue weighted by molar-refractivity contribution is 0.506. The molecule has 0 amide bonds. The zero-order valence-corrected chi connectivity index (χ0v) is 17.6. The number of aromatic nitrogens is 8. The lowest BCUT2D eigenvalue weighted by atomic mass is 10.1. The van der Waals surface area contributed by atoms with Crippen LogP contribution in [0.3, 0.4) is 0 Å². The van der Waals surface area contributed by atoms with E-state index in [1.165, 1.54) is 0 Å². The highest BCUT2D eigenvalue weighted by Crippen LogP contribution is 2.20. The standard InChI is InChI=1S/C22H24N8O/c1-15(2)11-12-28-17-8-4-3-7-16(17)23-21(28)14-30-19-10-6-5-9-18(19)29(22(30)31)13-20-24-26-27-25-20/h3-10,15H,11-14H2,1-2H3,(H,24,25,26,27). The number of imidazole rings is 2. The molecule has 0 bridgehead atoms. The minimum absolute atomic E-state index is 0.117. The van der Waals surface area contributed by atoms with Crippen molar-refractivity contribution >= 4 is 22.1 Å². The molecule has 1 N–H and O–H groups in total. The lowest BCUT2D eigenvalue weighted by Gasteiger charge is -2.11. The number of hydrogen-bond acceptors (Lipinski definition) is 5. The number of H-pyrrole nitrogens is 1. The third-order valence-electron chi connectivity index (χ3n) is 5.58. The Labute approximate surface area is 178 Å². The van der Waals surface area contributed by atoms with Crippen molar-refractivity contribution in [3.63, 3.8) is 0 Å². The maximum atomic E-state index is 13.4. The Bertz CT molecular complexity index is 1390. The summed E-state index contributed by atoms with van der Waals surface area (Å²) >= 11 is 0. The Morgan fingerprint density at radius 3 is 2.26 bits per heavy atom. The van der Waals surface area contributed by atoms with Crippen LogP contribution >= 0.6 is 0 Å². The van der Waals surface area contributed by atoms with Gasteiger partial charge in [-0.05, 0) is 36.6 Å². The van der Waals surface area contributed by atoms with Gasteiger partial charge in [-0.15, -0.1) is 10.2 Å². The van der Waals surface area contributed by atoms with Crippen LogP contribution in [0.1, 0.15) is 31.9 Å². The SMILES string of the molecule is CC(C)CCn1c(Cn2c(=O)n(Cc3nn[nH]n3)c3ccccc32)nc2ccccc21. The van der Waals surface area contributed by atoms with Gasteiger partial charge in [-0.2, -0.15) is 5.21 Å². The summed E-state index contributed by atoms with van der Waals surface area (Å²) in [7, 11) is 0. The summed E-state index contributed by atoms with van der Waals surface area (Å²) in [5.74, 6) is 1.93. The van der Waals surface area contributed by atoms with Crippen LogP contribution in [0.15, 0.2) is 53.3 Å². The van der Waals surface area contributed by atoms with Gasteiger partial charge >= 0.3 is 5.69 Å². The molecule has 3 heterocycles. The first kappa shape index (κ1) is 19.2. The molecule has 0 atom stereocenters. The molecular weight excluding hydrogens is 392 g/mol. The number of hydrogen-bond donors (Lipinski definition) is 1. The zero-order valence-electron chi connectivity index (χ0n) is 17.6. The molecular formula is C22H24N8O. The molecule has 0 saturated heterocycles. The number of nitrogens with one attached hydrogen (secondary N) is 1. The van der Waals surface area contributed by atoms with Crippen molar-refractivity contribution in [1.82, 2.24) is 39.3 Å². The number of aryl methyl sites for hydroxylation is 1. The predicted molar refractivity (Wildman–Crippen MR) is 118 cm³/mol. The van der Waals surface area contributed by atoms with Crippen molar-refractivity contribution in [1.29, 1.82) is 0 Å². The van der Waals surface area contributed by atoms with Crippen LogP contribution in [0.4, 0.5) is 0 Å². The third kappa shape index (κ3) is 3.52. The zero-order chi connectivity index (χ0) is 21.4. The second-order valence-electron chi connectivity index (χ2n) is 8.12. The summed E-state index contributed by atoms with van der Waals surface area (Å²) in [5.41, 5.74) is 3.63. The Morgan fingerprint density at radius 1 is 0.903 bits per heavy atom. The second-order valence-corrected chi connectivity index (χ2v) is 8.12. The first-order valence-electron chi connectivity index (χ1n) is 10.5. The maximum absolute atomic E-state index is 13.4. The summed E-state index contributed by atoms with van der Waals surface area (Å²) in [6, 6.07) is 15.9. The van der Waals surface area contributed by atoms with Crippen molar-refractivity contribution in [2.75, 3.05) is 0 Å². The lowest BCUT2D eigenvalue weighted by Crippen LogP contribution is -2.26. The number of para-hydroxylation sites is 4. The van der Waals surface area contributed by atoms with E-state index in [9.17, 15) is 4.79 Å². The molecule has 3 aromatic heterocycles. The van der Waals surface area contributed by atoms with E-state index < -0.39 is 0 Å². The molecule has 5 rings (SSSR count). The predicted octanol–water partition coefficient (Wildman–Crippen LogP) is 2.81. The van der Waals surface area contributed by atoms with E-state index in [1.807, 2.05) is 42.5 Å². The van der Waals surface area contributed by atoms with E-state index in [0.29, 0.717) is 18.3 Å². The van der Waals surface area contributed by atoms with Crippen LogP contribution in [-0.2, 0) is 19.6 Å². The van der Waals surface area contributed by atoms with Crippen LogP contribution in [0.2, 0.25) is 0 Å². The molecule has 0 aliphatic heterocycles. The van der Waals surface area contributed by atoms with Crippen LogP contribution in [0.25, 0.3) is 22.1 Å². The fraction of sp³-hybridized carbons (Fsp3) is 0.318. The molecule has 0 fully saturated rings. The summed E-state index contributed by atoms with van der Waals surface area (Å²) in [6.45, 7) is 5.95. The minimum Gasteiger partial charge on any atom is -0.326 e. The highest BCUT2D eigenvalue weighted by molar-refractivity contribution is 5.77. The highest BCUT2D eigenvalue weighted by Gasteiger charge is 2.18. The van der Waals surface area contributed by atoms with Gasteiger partial charge in [0.15, 0.2) is 5.82 Å². The van der Waals surface area contributed by atoms with E-state index in [-0.39, 0.29) is 12.2 Å². The monoisotopic (exact) mass is 416 g/mol.